The third-order valence-electron chi connectivity index (χ3n) is 6.92. The zero-order valence-corrected chi connectivity index (χ0v) is 24.5. The van der Waals surface area contributed by atoms with E-state index in [4.69, 9.17) is 16.3 Å². The molecule has 2 aromatic carbocycles. The van der Waals surface area contributed by atoms with E-state index in [9.17, 15) is 23.2 Å². The van der Waals surface area contributed by atoms with E-state index in [1.807, 2.05) is 23.6 Å². The second-order valence-electron chi connectivity index (χ2n) is 9.93. The van der Waals surface area contributed by atoms with Gasteiger partial charge in [-0.15, -0.1) is 11.3 Å². The van der Waals surface area contributed by atoms with Crippen molar-refractivity contribution in [2.24, 2.45) is 0 Å². The first kappa shape index (κ1) is 29.5. The van der Waals surface area contributed by atoms with Crippen molar-refractivity contribution in [3.8, 4) is 22.9 Å². The molecule has 216 valence electrons. The van der Waals surface area contributed by atoms with Gasteiger partial charge in [-0.2, -0.15) is 18.4 Å². The fraction of sp³-hybridized carbons (Fsp3) is 0.267. The lowest BCUT2D eigenvalue weighted by atomic mass is 9.94. The Balaban J connectivity index is 1.52. The van der Waals surface area contributed by atoms with E-state index < -0.39 is 17.3 Å². The molecule has 0 aliphatic carbocycles. The van der Waals surface area contributed by atoms with Crippen LogP contribution in [0.2, 0.25) is 5.02 Å². The van der Waals surface area contributed by atoms with Crippen molar-refractivity contribution < 1.29 is 17.9 Å². The van der Waals surface area contributed by atoms with Gasteiger partial charge in [0, 0.05) is 28.9 Å². The molecule has 5 aromatic rings. The van der Waals surface area contributed by atoms with Gasteiger partial charge in [0.15, 0.2) is 0 Å². The highest BCUT2D eigenvalue weighted by Gasteiger charge is 2.36. The summed E-state index contributed by atoms with van der Waals surface area (Å²) in [4.78, 5) is 24.1. The van der Waals surface area contributed by atoms with Gasteiger partial charge >= 0.3 is 6.18 Å². The maximum Gasteiger partial charge on any atom is 0.416 e. The lowest BCUT2D eigenvalue weighted by Crippen LogP contribution is -2.28. The monoisotopic (exact) mass is 611 g/mol. The highest BCUT2D eigenvalue weighted by atomic mass is 35.5. The van der Waals surface area contributed by atoms with Crippen molar-refractivity contribution in [2.45, 2.75) is 26.1 Å². The summed E-state index contributed by atoms with van der Waals surface area (Å²) >= 11 is 7.86. The number of nitrogens with zero attached hydrogens (tertiary/aromatic N) is 5. The second-order valence-corrected chi connectivity index (χ2v) is 11.3. The number of pyridine rings is 1. The molecule has 0 fully saturated rings. The van der Waals surface area contributed by atoms with Crippen LogP contribution in [0.3, 0.4) is 0 Å². The highest BCUT2D eigenvalue weighted by Crippen LogP contribution is 2.39. The molecule has 3 heterocycles. The van der Waals surface area contributed by atoms with Gasteiger partial charge < -0.3 is 9.64 Å². The van der Waals surface area contributed by atoms with E-state index in [-0.39, 0.29) is 54.0 Å². The number of hydrogen-bond acceptors (Lipinski definition) is 7. The van der Waals surface area contributed by atoms with Gasteiger partial charge in [0.25, 0.3) is 5.56 Å². The summed E-state index contributed by atoms with van der Waals surface area (Å²) in [6.07, 6.45) is -3.05. The zero-order valence-electron chi connectivity index (χ0n) is 22.9. The Morgan fingerprint density at radius 2 is 1.93 bits per heavy atom. The molecule has 0 saturated carbocycles. The number of hydrogen-bond donors (Lipinski definition) is 0. The normalized spacial score (nSPS) is 11.9. The maximum atomic E-state index is 14.0. The summed E-state index contributed by atoms with van der Waals surface area (Å²) in [7, 11) is 3.45. The maximum absolute atomic E-state index is 14.0. The van der Waals surface area contributed by atoms with Gasteiger partial charge in [-0.1, -0.05) is 11.6 Å². The van der Waals surface area contributed by atoms with E-state index in [1.54, 1.807) is 54.7 Å². The van der Waals surface area contributed by atoms with Crippen LogP contribution in [0.5, 0.6) is 5.75 Å². The first-order valence-corrected chi connectivity index (χ1v) is 14.2. The van der Waals surface area contributed by atoms with Gasteiger partial charge in [-0.25, -0.2) is 4.98 Å². The Morgan fingerprint density at radius 1 is 1.14 bits per heavy atom. The molecule has 0 unspecified atom stereocenters. The van der Waals surface area contributed by atoms with Crippen LogP contribution in [-0.4, -0.2) is 46.7 Å². The Hall–Kier alpha value is -3.98. The molecule has 0 aliphatic heterocycles. The molecule has 12 heteroatoms. The SMILES string of the molecule is Cc1nc2cc(C(F)(F)F)c(CCN(C)C)c(C#N)c2c(=O)n1CCOc1ccc(Cl)cc1-c1ccnc2ccsc12. The minimum Gasteiger partial charge on any atom is -0.491 e. The van der Waals surface area contributed by atoms with Crippen LogP contribution in [-0.2, 0) is 19.1 Å². The second kappa shape index (κ2) is 11.7. The predicted molar refractivity (Wildman–Crippen MR) is 158 cm³/mol. The molecule has 0 saturated heterocycles. The number of fused-ring (bicyclic) bond motifs is 2. The fourth-order valence-corrected chi connectivity index (χ4v) is 5.99. The standard InChI is InChI=1S/C30H25ClF3N5O2S/c1-17-37-25-15-23(30(32,33)34)19(7-10-38(2)3)22(16-35)27(25)29(40)39(17)11-12-41-26-5-4-18(31)14-21(26)20-6-9-36-24-8-13-42-28(20)24/h4-6,8-9,13-15H,7,10-12H2,1-3H3. The number of benzene rings is 2. The van der Waals surface area contributed by atoms with Gasteiger partial charge in [0.2, 0.25) is 0 Å². The third kappa shape index (κ3) is 5.70. The van der Waals surface area contributed by atoms with Crippen LogP contribution in [0.15, 0.2) is 52.8 Å². The number of nitriles is 1. The van der Waals surface area contributed by atoms with Gasteiger partial charge in [0.05, 0.1) is 38.8 Å². The molecule has 3 aromatic heterocycles. The number of halogens is 4. The average molecular weight is 612 g/mol. The molecule has 0 N–H and O–H groups in total. The van der Waals surface area contributed by atoms with Crippen molar-refractivity contribution in [1.29, 1.82) is 5.26 Å². The number of likely N-dealkylation sites (N-methyl/N-ethyl adjacent to an activating group) is 1. The van der Waals surface area contributed by atoms with E-state index in [2.05, 4.69) is 9.97 Å². The molecule has 0 spiro atoms. The van der Waals surface area contributed by atoms with Crippen molar-refractivity contribution in [1.82, 2.24) is 19.4 Å². The van der Waals surface area contributed by atoms with Gasteiger partial charge in [-0.3, -0.25) is 14.3 Å². The van der Waals surface area contributed by atoms with Crippen molar-refractivity contribution >= 4 is 44.1 Å². The smallest absolute Gasteiger partial charge is 0.416 e. The Labute approximate surface area is 248 Å². The van der Waals surface area contributed by atoms with Crippen LogP contribution >= 0.6 is 22.9 Å². The molecule has 42 heavy (non-hydrogen) atoms. The minimum absolute atomic E-state index is 0.0526. The first-order valence-electron chi connectivity index (χ1n) is 12.9. The summed E-state index contributed by atoms with van der Waals surface area (Å²) in [6, 6.07) is 11.8. The third-order valence-corrected chi connectivity index (χ3v) is 8.09. The van der Waals surface area contributed by atoms with Crippen molar-refractivity contribution in [2.75, 3.05) is 27.2 Å². The molecule has 0 aliphatic rings. The number of rotatable bonds is 8. The zero-order chi connectivity index (χ0) is 30.2. The number of aromatic nitrogens is 3. The lowest BCUT2D eigenvalue weighted by molar-refractivity contribution is -0.138. The Morgan fingerprint density at radius 3 is 2.64 bits per heavy atom. The molecule has 0 amide bonds. The predicted octanol–water partition coefficient (Wildman–Crippen LogP) is 6.71. The van der Waals surface area contributed by atoms with E-state index in [0.717, 1.165) is 27.4 Å². The molecule has 0 atom stereocenters. The first-order chi connectivity index (χ1) is 20.0. The average Bonchev–Trinajstić information content (AvgIpc) is 3.42. The van der Waals surface area contributed by atoms with E-state index >= 15 is 0 Å². The number of aryl methyl sites for hydroxylation is 1. The molecule has 5 rings (SSSR count). The van der Waals surface area contributed by atoms with Crippen LogP contribution in [0, 0.1) is 18.3 Å². The van der Waals surface area contributed by atoms with Crippen molar-refractivity contribution in [3.63, 3.8) is 0 Å². The molecule has 0 bridgehead atoms. The van der Waals surface area contributed by atoms with Crippen LogP contribution in [0.1, 0.15) is 22.5 Å². The number of alkyl halides is 3. The summed E-state index contributed by atoms with van der Waals surface area (Å²) in [5.74, 6) is 0.748. The van der Waals surface area contributed by atoms with Crippen LogP contribution in [0.4, 0.5) is 13.2 Å². The molecular weight excluding hydrogens is 587 g/mol. The summed E-state index contributed by atoms with van der Waals surface area (Å²) in [6.45, 7) is 1.91. The topological polar surface area (TPSA) is 84.0 Å². The molecular formula is C30H25ClF3N5O2S. The Kier molecular flexibility index (Phi) is 8.23. The highest BCUT2D eigenvalue weighted by molar-refractivity contribution is 7.17. The molecule has 7 nitrogen and oxygen atoms in total. The summed E-state index contributed by atoms with van der Waals surface area (Å²) < 4.78 is 50.5. The van der Waals surface area contributed by atoms with Gasteiger partial charge in [0.1, 0.15) is 24.3 Å². The quantitative estimate of drug-likeness (QED) is 0.194. The molecule has 0 radical (unpaired) electrons. The van der Waals surface area contributed by atoms with Crippen LogP contribution in [0.25, 0.3) is 32.2 Å². The Bertz CT molecular complexity index is 1910. The number of ether oxygens (including phenoxy) is 1. The van der Waals surface area contributed by atoms with Crippen LogP contribution < -0.4 is 10.3 Å². The lowest BCUT2D eigenvalue weighted by Gasteiger charge is -2.19. The van der Waals surface area contributed by atoms with Gasteiger partial charge in [-0.05, 0) is 74.8 Å². The summed E-state index contributed by atoms with van der Waals surface area (Å²) in [5.41, 5.74) is 0.290. The fourth-order valence-electron chi connectivity index (χ4n) is 4.94. The van der Waals surface area contributed by atoms with E-state index in [1.165, 1.54) is 11.5 Å². The van der Waals surface area contributed by atoms with E-state index in [0.29, 0.717) is 10.8 Å². The number of thiophene rings is 1. The summed E-state index contributed by atoms with van der Waals surface area (Å²) in [5, 5.41) is 12.3. The minimum atomic E-state index is -4.71. The largest absolute Gasteiger partial charge is 0.491 e. The van der Waals surface area contributed by atoms with Crippen molar-refractivity contribution in [3.05, 3.63) is 85.9 Å².